The average Bonchev–Trinajstić information content (AvgIpc) is 2.28. The molecule has 0 radical (unpaired) electrons. The molecule has 1 heterocycles. The maximum absolute atomic E-state index is 5.89. The predicted molar refractivity (Wildman–Crippen MR) is 64.5 cm³/mol. The molecule has 2 aromatic rings. The first-order valence-corrected chi connectivity index (χ1v) is 5.34. The van der Waals surface area contributed by atoms with Crippen LogP contribution in [0.5, 0.6) is 5.75 Å². The molecule has 0 unspecified atom stereocenters. The molecule has 0 aliphatic heterocycles. The molecule has 1 aromatic carbocycles. The second kappa shape index (κ2) is 4.35. The quantitative estimate of drug-likeness (QED) is 0.855. The Morgan fingerprint density at radius 2 is 2.12 bits per heavy atom. The molecular formula is C12H15N3O. The van der Waals surface area contributed by atoms with Crippen LogP contribution >= 0.6 is 0 Å². The van der Waals surface area contributed by atoms with Gasteiger partial charge in [0.2, 0.25) is 0 Å². The highest BCUT2D eigenvalue weighted by Crippen LogP contribution is 2.22. The number of benzene rings is 1. The van der Waals surface area contributed by atoms with Gasteiger partial charge in [0.1, 0.15) is 17.4 Å². The van der Waals surface area contributed by atoms with Crippen LogP contribution in [0.25, 0.3) is 10.9 Å². The van der Waals surface area contributed by atoms with Gasteiger partial charge in [0, 0.05) is 17.9 Å². The normalized spacial score (nSPS) is 10.6. The third-order valence-corrected chi connectivity index (χ3v) is 2.45. The fraction of sp³-hybridized carbons (Fsp3) is 0.333. The minimum absolute atomic E-state index is 0.538. The maximum Gasteiger partial charge on any atom is 0.135 e. The largest absolute Gasteiger partial charge is 0.497 e. The third kappa shape index (κ3) is 1.91. The summed E-state index contributed by atoms with van der Waals surface area (Å²) in [6, 6.07) is 5.63. The van der Waals surface area contributed by atoms with E-state index in [0.29, 0.717) is 5.82 Å². The minimum atomic E-state index is 0.538. The zero-order chi connectivity index (χ0) is 11.5. The van der Waals surface area contributed by atoms with Crippen molar-refractivity contribution in [3.05, 3.63) is 24.0 Å². The molecule has 2 N–H and O–H groups in total. The lowest BCUT2D eigenvalue weighted by molar-refractivity contribution is 0.415. The van der Waals surface area contributed by atoms with E-state index < -0.39 is 0 Å². The molecule has 2 rings (SSSR count). The molecule has 0 atom stereocenters. The summed E-state index contributed by atoms with van der Waals surface area (Å²) in [7, 11) is 1.64. The summed E-state index contributed by atoms with van der Waals surface area (Å²) in [5, 5.41) is 0.876. The van der Waals surface area contributed by atoms with E-state index in [1.54, 1.807) is 7.11 Å². The Morgan fingerprint density at radius 1 is 1.31 bits per heavy atom. The lowest BCUT2D eigenvalue weighted by atomic mass is 10.2. The van der Waals surface area contributed by atoms with Gasteiger partial charge in [-0.1, -0.05) is 6.92 Å². The number of methoxy groups -OCH3 is 1. The number of ether oxygens (including phenoxy) is 1. The number of anilines is 1. The van der Waals surface area contributed by atoms with Crippen LogP contribution in [0.1, 0.15) is 19.2 Å². The number of nitrogens with zero attached hydrogens (tertiary/aromatic N) is 2. The minimum Gasteiger partial charge on any atom is -0.497 e. The average molecular weight is 217 g/mol. The number of rotatable bonds is 3. The van der Waals surface area contributed by atoms with Crippen molar-refractivity contribution in [3.63, 3.8) is 0 Å². The fourth-order valence-corrected chi connectivity index (χ4v) is 1.65. The highest BCUT2D eigenvalue weighted by Gasteiger charge is 2.05. The molecular weight excluding hydrogens is 202 g/mol. The van der Waals surface area contributed by atoms with Gasteiger partial charge in [-0.05, 0) is 18.6 Å². The highest BCUT2D eigenvalue weighted by molar-refractivity contribution is 5.88. The summed E-state index contributed by atoms with van der Waals surface area (Å²) in [4.78, 5) is 8.74. The van der Waals surface area contributed by atoms with Crippen LogP contribution in [0.15, 0.2) is 18.2 Å². The standard InChI is InChI=1S/C12H15N3O/c1-3-4-11-14-10-7-8(16-2)5-6-9(10)12(13)15-11/h5-7H,3-4H2,1-2H3,(H2,13,14,15). The van der Waals surface area contributed by atoms with Crippen LogP contribution < -0.4 is 10.5 Å². The van der Waals surface area contributed by atoms with E-state index in [-0.39, 0.29) is 0 Å². The number of hydrogen-bond donors (Lipinski definition) is 1. The smallest absolute Gasteiger partial charge is 0.135 e. The molecule has 4 heteroatoms. The topological polar surface area (TPSA) is 61.0 Å². The van der Waals surface area contributed by atoms with E-state index in [2.05, 4.69) is 16.9 Å². The van der Waals surface area contributed by atoms with Crippen molar-refractivity contribution in [3.8, 4) is 5.75 Å². The number of fused-ring (bicyclic) bond motifs is 1. The van der Waals surface area contributed by atoms with E-state index in [9.17, 15) is 0 Å². The zero-order valence-electron chi connectivity index (χ0n) is 9.53. The van der Waals surface area contributed by atoms with Crippen LogP contribution in [-0.4, -0.2) is 17.1 Å². The maximum atomic E-state index is 5.89. The van der Waals surface area contributed by atoms with Crippen LogP contribution in [0.3, 0.4) is 0 Å². The molecule has 4 nitrogen and oxygen atoms in total. The number of aryl methyl sites for hydroxylation is 1. The zero-order valence-corrected chi connectivity index (χ0v) is 9.53. The summed E-state index contributed by atoms with van der Waals surface area (Å²) in [5.74, 6) is 2.12. The van der Waals surface area contributed by atoms with E-state index in [0.717, 1.165) is 35.3 Å². The lowest BCUT2D eigenvalue weighted by Crippen LogP contribution is -2.01. The molecule has 1 aromatic heterocycles. The Kier molecular flexibility index (Phi) is 2.90. The van der Waals surface area contributed by atoms with E-state index >= 15 is 0 Å². The number of nitrogen functional groups attached to an aromatic ring is 1. The summed E-state index contributed by atoms with van der Waals surface area (Å²) in [6.07, 6.45) is 1.85. The molecule has 0 fully saturated rings. The Morgan fingerprint density at radius 3 is 2.81 bits per heavy atom. The molecule has 84 valence electrons. The monoisotopic (exact) mass is 217 g/mol. The van der Waals surface area contributed by atoms with E-state index in [1.165, 1.54) is 0 Å². The summed E-state index contributed by atoms with van der Waals surface area (Å²) in [5.41, 5.74) is 6.73. The molecule has 0 saturated heterocycles. The van der Waals surface area contributed by atoms with Gasteiger partial charge in [0.25, 0.3) is 0 Å². The van der Waals surface area contributed by atoms with Crippen molar-refractivity contribution < 1.29 is 4.74 Å². The Labute approximate surface area is 94.5 Å². The summed E-state index contributed by atoms with van der Waals surface area (Å²) >= 11 is 0. The molecule has 16 heavy (non-hydrogen) atoms. The van der Waals surface area contributed by atoms with Crippen LogP contribution in [-0.2, 0) is 6.42 Å². The van der Waals surface area contributed by atoms with Gasteiger partial charge in [0.15, 0.2) is 0 Å². The van der Waals surface area contributed by atoms with Gasteiger partial charge in [0.05, 0.1) is 12.6 Å². The van der Waals surface area contributed by atoms with Gasteiger partial charge in [-0.2, -0.15) is 0 Å². The number of hydrogen-bond acceptors (Lipinski definition) is 4. The first kappa shape index (κ1) is 10.7. The van der Waals surface area contributed by atoms with Gasteiger partial charge in [-0.3, -0.25) is 0 Å². The third-order valence-electron chi connectivity index (χ3n) is 2.45. The fourth-order valence-electron chi connectivity index (χ4n) is 1.65. The Balaban J connectivity index is 2.58. The van der Waals surface area contributed by atoms with Crippen molar-refractivity contribution >= 4 is 16.7 Å². The summed E-state index contributed by atoms with van der Waals surface area (Å²) < 4.78 is 5.16. The van der Waals surface area contributed by atoms with Crippen molar-refractivity contribution in [1.82, 2.24) is 9.97 Å². The molecule has 0 aliphatic carbocycles. The van der Waals surface area contributed by atoms with Crippen LogP contribution in [0, 0.1) is 0 Å². The first-order valence-electron chi connectivity index (χ1n) is 5.34. The van der Waals surface area contributed by atoms with Crippen LogP contribution in [0.2, 0.25) is 0 Å². The van der Waals surface area contributed by atoms with Crippen molar-refractivity contribution in [2.75, 3.05) is 12.8 Å². The van der Waals surface area contributed by atoms with Gasteiger partial charge in [-0.25, -0.2) is 9.97 Å². The molecule has 0 amide bonds. The lowest BCUT2D eigenvalue weighted by Gasteiger charge is -2.06. The Hall–Kier alpha value is -1.84. The highest BCUT2D eigenvalue weighted by atomic mass is 16.5. The molecule has 0 saturated carbocycles. The van der Waals surface area contributed by atoms with E-state index in [4.69, 9.17) is 10.5 Å². The Bertz CT molecular complexity index is 511. The van der Waals surface area contributed by atoms with Crippen molar-refractivity contribution in [2.45, 2.75) is 19.8 Å². The van der Waals surface area contributed by atoms with Gasteiger partial charge >= 0.3 is 0 Å². The second-order valence-electron chi connectivity index (χ2n) is 3.66. The second-order valence-corrected chi connectivity index (χ2v) is 3.66. The summed E-state index contributed by atoms with van der Waals surface area (Å²) in [6.45, 7) is 2.09. The van der Waals surface area contributed by atoms with Gasteiger partial charge < -0.3 is 10.5 Å². The number of nitrogens with two attached hydrogens (primary N) is 1. The number of aromatic nitrogens is 2. The first-order chi connectivity index (χ1) is 7.74. The van der Waals surface area contributed by atoms with Crippen molar-refractivity contribution in [2.24, 2.45) is 0 Å². The SMILES string of the molecule is CCCc1nc(N)c2ccc(OC)cc2n1. The van der Waals surface area contributed by atoms with E-state index in [1.807, 2.05) is 18.2 Å². The van der Waals surface area contributed by atoms with Crippen molar-refractivity contribution in [1.29, 1.82) is 0 Å². The molecule has 0 bridgehead atoms. The van der Waals surface area contributed by atoms with Crippen LogP contribution in [0.4, 0.5) is 5.82 Å². The van der Waals surface area contributed by atoms with Gasteiger partial charge in [-0.15, -0.1) is 0 Å². The molecule has 0 spiro atoms. The predicted octanol–water partition coefficient (Wildman–Crippen LogP) is 2.17. The molecule has 0 aliphatic rings.